The van der Waals surface area contributed by atoms with Crippen LogP contribution in [0.15, 0.2) is 60.7 Å². The Morgan fingerprint density at radius 2 is 1.16 bits per heavy atom. The number of rotatable bonds is 14. The zero-order valence-electron chi connectivity index (χ0n) is 26.9. The van der Waals surface area contributed by atoms with Gasteiger partial charge in [0.05, 0.1) is 31.4 Å². The van der Waals surface area contributed by atoms with E-state index in [2.05, 4.69) is 21.3 Å². The first-order valence-electron chi connectivity index (χ1n) is 14.9. The Bertz CT molecular complexity index is 1170. The van der Waals surface area contributed by atoms with Gasteiger partial charge >= 0.3 is 12.2 Å². The second-order valence-electron chi connectivity index (χ2n) is 13.0. The van der Waals surface area contributed by atoms with Crippen LogP contribution in [0, 0.1) is 5.41 Å². The first-order valence-corrected chi connectivity index (χ1v) is 14.9. The van der Waals surface area contributed by atoms with E-state index in [9.17, 15) is 24.6 Å². The molecule has 44 heavy (non-hydrogen) atoms. The van der Waals surface area contributed by atoms with E-state index in [1.54, 1.807) is 20.8 Å². The molecule has 244 valence electrons. The predicted molar refractivity (Wildman–Crippen MR) is 169 cm³/mol. The summed E-state index contributed by atoms with van der Waals surface area (Å²) in [6, 6.07) is 16.6. The third kappa shape index (κ3) is 13.3. The Morgan fingerprint density at radius 3 is 1.57 bits per heavy atom. The van der Waals surface area contributed by atoms with Crippen LogP contribution in [-0.4, -0.2) is 84.4 Å². The van der Waals surface area contributed by atoms with Gasteiger partial charge in [0.2, 0.25) is 5.91 Å². The van der Waals surface area contributed by atoms with Gasteiger partial charge in [-0.25, -0.2) is 9.59 Å². The molecule has 0 saturated heterocycles. The fourth-order valence-corrected chi connectivity index (χ4v) is 4.54. The minimum absolute atomic E-state index is 0.0317. The van der Waals surface area contributed by atoms with Crippen LogP contribution in [0.4, 0.5) is 9.59 Å². The van der Waals surface area contributed by atoms with E-state index >= 15 is 0 Å². The molecule has 0 bridgehead atoms. The number of aliphatic hydroxyl groups is 2. The van der Waals surface area contributed by atoms with Gasteiger partial charge in [0.1, 0.15) is 11.6 Å². The summed E-state index contributed by atoms with van der Waals surface area (Å²) in [4.78, 5) is 37.9. The zero-order valence-corrected chi connectivity index (χ0v) is 26.9. The summed E-state index contributed by atoms with van der Waals surface area (Å²) in [5, 5.41) is 33.7. The smallest absolute Gasteiger partial charge is 0.407 e. The van der Waals surface area contributed by atoms with Crippen LogP contribution < -0.4 is 21.3 Å². The lowest BCUT2D eigenvalue weighted by atomic mass is 9.85. The van der Waals surface area contributed by atoms with Crippen molar-refractivity contribution in [1.29, 1.82) is 0 Å². The molecule has 0 spiro atoms. The number of carbonyl (C=O) groups excluding carboxylic acids is 3. The molecule has 0 heterocycles. The van der Waals surface area contributed by atoms with Crippen LogP contribution in [0.25, 0.3) is 0 Å². The number of ether oxygens (including phenoxy) is 2. The summed E-state index contributed by atoms with van der Waals surface area (Å²) in [6.07, 6.45) is -2.77. The maximum absolute atomic E-state index is 13.4. The fraction of sp³-hybridized carbons (Fsp3) is 0.545. The number of methoxy groups -OCH3 is 1. The van der Waals surface area contributed by atoms with Crippen molar-refractivity contribution >= 4 is 18.1 Å². The summed E-state index contributed by atoms with van der Waals surface area (Å²) < 4.78 is 10.1. The van der Waals surface area contributed by atoms with Gasteiger partial charge in [-0.05, 0) is 50.2 Å². The van der Waals surface area contributed by atoms with E-state index in [0.717, 1.165) is 11.1 Å². The number of alkyl carbamates (subject to hydrolysis) is 2. The van der Waals surface area contributed by atoms with Crippen molar-refractivity contribution in [2.24, 2.45) is 5.41 Å². The summed E-state index contributed by atoms with van der Waals surface area (Å²) in [7, 11) is 1.22. The maximum Gasteiger partial charge on any atom is 0.407 e. The fourth-order valence-electron chi connectivity index (χ4n) is 4.54. The minimum atomic E-state index is -1.06. The van der Waals surface area contributed by atoms with Gasteiger partial charge in [-0.2, -0.15) is 0 Å². The number of nitrogens with one attached hydrogen (secondary N) is 4. The lowest BCUT2D eigenvalue weighted by Crippen LogP contribution is -2.58. The second-order valence-corrected chi connectivity index (χ2v) is 13.0. The summed E-state index contributed by atoms with van der Waals surface area (Å²) in [6.45, 7) is 10.8. The highest BCUT2D eigenvalue weighted by Gasteiger charge is 2.35. The summed E-state index contributed by atoms with van der Waals surface area (Å²) in [5.74, 6) is -0.465. The van der Waals surface area contributed by atoms with Gasteiger partial charge < -0.3 is 41.0 Å². The van der Waals surface area contributed by atoms with E-state index < -0.39 is 59.4 Å². The van der Waals surface area contributed by atoms with Crippen LogP contribution in [0.2, 0.25) is 0 Å². The number of hydrogen-bond acceptors (Lipinski definition) is 8. The quantitative estimate of drug-likeness (QED) is 0.190. The van der Waals surface area contributed by atoms with Gasteiger partial charge in [0.15, 0.2) is 0 Å². The number of benzene rings is 2. The highest BCUT2D eigenvalue weighted by Crippen LogP contribution is 2.20. The molecule has 2 rings (SSSR count). The molecule has 11 nitrogen and oxygen atoms in total. The van der Waals surface area contributed by atoms with Gasteiger partial charge in [-0.1, -0.05) is 81.4 Å². The maximum atomic E-state index is 13.4. The number of amides is 3. The van der Waals surface area contributed by atoms with E-state index in [4.69, 9.17) is 9.47 Å². The largest absolute Gasteiger partial charge is 0.453 e. The lowest BCUT2D eigenvalue weighted by Gasteiger charge is -2.33. The minimum Gasteiger partial charge on any atom is -0.453 e. The van der Waals surface area contributed by atoms with Crippen molar-refractivity contribution in [3.8, 4) is 0 Å². The topological polar surface area (TPSA) is 158 Å². The Kier molecular flexibility index (Phi) is 14.1. The highest BCUT2D eigenvalue weighted by atomic mass is 16.6. The van der Waals surface area contributed by atoms with E-state index in [0.29, 0.717) is 12.8 Å². The summed E-state index contributed by atoms with van der Waals surface area (Å²) in [5.41, 5.74) is 0.477. The third-order valence-corrected chi connectivity index (χ3v) is 6.84. The molecule has 0 radical (unpaired) electrons. The molecule has 0 fully saturated rings. The molecule has 0 unspecified atom stereocenters. The summed E-state index contributed by atoms with van der Waals surface area (Å²) >= 11 is 0. The standard InChI is InChI=1S/C33H50N4O7/c1-32(2,3)28(37-30(41)43-7)29(40)35-24(18-22-14-10-8-11-15-22)26(38)20-34-21-27(39)25(19-23-16-12-9-13-17-23)36-31(42)44-33(4,5)6/h8-17,24-28,34,38-39H,18-21H2,1-7H3,(H,35,40)(H,36,42)(H,37,41)/t24-,25-,26+,27+,28-/m0/s1. The molecular weight excluding hydrogens is 564 g/mol. The van der Waals surface area contributed by atoms with Crippen molar-refractivity contribution in [2.75, 3.05) is 20.2 Å². The Labute approximate surface area is 261 Å². The third-order valence-electron chi connectivity index (χ3n) is 6.84. The van der Waals surface area contributed by atoms with Crippen molar-refractivity contribution in [2.45, 2.75) is 90.3 Å². The van der Waals surface area contributed by atoms with Crippen molar-refractivity contribution in [3.63, 3.8) is 0 Å². The average Bonchev–Trinajstić information content (AvgIpc) is 2.94. The van der Waals surface area contributed by atoms with Crippen LogP contribution >= 0.6 is 0 Å². The van der Waals surface area contributed by atoms with Gasteiger partial charge in [0, 0.05) is 13.1 Å². The zero-order chi connectivity index (χ0) is 32.9. The van der Waals surface area contributed by atoms with Crippen molar-refractivity contribution in [1.82, 2.24) is 21.3 Å². The Hall–Kier alpha value is -3.67. The molecule has 0 aliphatic carbocycles. The number of aliphatic hydroxyl groups excluding tert-OH is 2. The Balaban J connectivity index is 2.13. The molecule has 0 aromatic heterocycles. The van der Waals surface area contributed by atoms with Crippen LogP contribution in [0.3, 0.4) is 0 Å². The van der Waals surface area contributed by atoms with Gasteiger partial charge in [-0.3, -0.25) is 4.79 Å². The van der Waals surface area contributed by atoms with Gasteiger partial charge in [-0.15, -0.1) is 0 Å². The van der Waals surface area contributed by atoms with E-state index in [1.165, 1.54) is 7.11 Å². The first kappa shape index (κ1) is 36.5. The predicted octanol–water partition coefficient (Wildman–Crippen LogP) is 2.93. The van der Waals surface area contributed by atoms with Gasteiger partial charge in [0.25, 0.3) is 0 Å². The van der Waals surface area contributed by atoms with E-state index in [-0.39, 0.29) is 13.1 Å². The molecule has 2 aromatic rings. The SMILES string of the molecule is COC(=O)N[C@@H](C(=O)N[C@@H](Cc1ccccc1)[C@H](O)CNC[C@@H](O)[C@H](Cc1ccccc1)NC(=O)OC(C)(C)C)C(C)(C)C. The highest BCUT2D eigenvalue weighted by molar-refractivity contribution is 5.86. The molecule has 0 aliphatic rings. The normalized spacial score (nSPS) is 15.2. The van der Waals surface area contributed by atoms with Crippen LogP contribution in [0.5, 0.6) is 0 Å². The molecule has 0 aliphatic heterocycles. The van der Waals surface area contributed by atoms with Crippen molar-refractivity contribution in [3.05, 3.63) is 71.8 Å². The number of carbonyl (C=O) groups is 3. The lowest BCUT2D eigenvalue weighted by molar-refractivity contribution is -0.127. The molecule has 2 aromatic carbocycles. The molecule has 6 N–H and O–H groups in total. The first-order chi connectivity index (χ1) is 20.6. The molecule has 11 heteroatoms. The van der Waals surface area contributed by atoms with E-state index in [1.807, 2.05) is 81.4 Å². The average molecular weight is 615 g/mol. The van der Waals surface area contributed by atoms with Crippen LogP contribution in [0.1, 0.15) is 52.7 Å². The Morgan fingerprint density at radius 1 is 0.705 bits per heavy atom. The molecule has 3 amide bonds. The van der Waals surface area contributed by atoms with Crippen molar-refractivity contribution < 1.29 is 34.1 Å². The molecule has 5 atom stereocenters. The number of hydrogen-bond donors (Lipinski definition) is 6. The molecular formula is C33H50N4O7. The van der Waals surface area contributed by atoms with Crippen LogP contribution in [-0.2, 0) is 27.1 Å². The molecule has 0 saturated carbocycles. The second kappa shape index (κ2) is 17.0. The monoisotopic (exact) mass is 614 g/mol.